The van der Waals surface area contributed by atoms with E-state index in [-0.39, 0.29) is 5.91 Å². The average molecular weight is 362 g/mol. The van der Waals surface area contributed by atoms with Gasteiger partial charge in [-0.05, 0) is 64.2 Å². The van der Waals surface area contributed by atoms with Crippen molar-refractivity contribution in [1.82, 2.24) is 14.9 Å². The molecule has 0 radical (unpaired) electrons. The zero-order valence-electron chi connectivity index (χ0n) is 15.1. The Morgan fingerprint density at radius 1 is 1.28 bits per heavy atom. The first-order valence-electron chi connectivity index (χ1n) is 8.16. The molecule has 134 valence electrons. The van der Waals surface area contributed by atoms with Crippen molar-refractivity contribution in [1.29, 1.82) is 0 Å². The Kier molecular flexibility index (Phi) is 6.73. The van der Waals surface area contributed by atoms with Gasteiger partial charge in [-0.25, -0.2) is 9.97 Å². The Bertz CT molecular complexity index is 725. The zero-order chi connectivity index (χ0) is 18.4. The maximum atomic E-state index is 12.5. The number of aryl methyl sites for hydroxylation is 2. The topological polar surface area (TPSA) is 70.2 Å². The minimum Gasteiger partial charge on any atom is -0.354 e. The number of hydrogen-bond donors (Lipinski definition) is 2. The first-order chi connectivity index (χ1) is 11.9. The van der Waals surface area contributed by atoms with E-state index in [1.165, 1.54) is 0 Å². The lowest BCUT2D eigenvalue weighted by Gasteiger charge is -2.12. The molecule has 2 aromatic rings. The number of benzene rings is 1. The third kappa shape index (κ3) is 5.69. The molecule has 1 aromatic heterocycles. The second-order valence-electron chi connectivity index (χ2n) is 6.24. The second kappa shape index (κ2) is 8.78. The van der Waals surface area contributed by atoms with Crippen molar-refractivity contribution in [3.8, 4) is 0 Å². The number of aromatic nitrogens is 2. The van der Waals surface area contributed by atoms with Gasteiger partial charge in [0.2, 0.25) is 5.95 Å². The number of hydrogen-bond acceptors (Lipinski definition) is 5. The lowest BCUT2D eigenvalue weighted by molar-refractivity contribution is 0.102. The predicted octanol–water partition coefficient (Wildman–Crippen LogP) is 3.36. The highest BCUT2D eigenvalue weighted by atomic mass is 35.5. The van der Waals surface area contributed by atoms with Crippen LogP contribution in [-0.2, 0) is 0 Å². The highest BCUT2D eigenvalue weighted by Crippen LogP contribution is 2.27. The van der Waals surface area contributed by atoms with E-state index in [2.05, 4.69) is 25.5 Å². The summed E-state index contributed by atoms with van der Waals surface area (Å²) in [5, 5.41) is 6.49. The Balaban J connectivity index is 2.04. The summed E-state index contributed by atoms with van der Waals surface area (Å²) in [6.45, 7) is 5.58. The summed E-state index contributed by atoms with van der Waals surface area (Å²) in [6, 6.07) is 5.37. The van der Waals surface area contributed by atoms with Crippen LogP contribution in [0.5, 0.6) is 0 Å². The van der Waals surface area contributed by atoms with Crippen molar-refractivity contribution in [3.63, 3.8) is 0 Å². The van der Waals surface area contributed by atoms with Gasteiger partial charge < -0.3 is 15.5 Å². The fraction of sp³-hybridized carbons (Fsp3) is 0.389. The van der Waals surface area contributed by atoms with Gasteiger partial charge in [-0.1, -0.05) is 17.7 Å². The van der Waals surface area contributed by atoms with E-state index in [0.29, 0.717) is 22.4 Å². The van der Waals surface area contributed by atoms with Gasteiger partial charge in [-0.15, -0.1) is 0 Å². The van der Waals surface area contributed by atoms with E-state index < -0.39 is 0 Å². The summed E-state index contributed by atoms with van der Waals surface area (Å²) in [5.74, 6) is 0.130. The maximum absolute atomic E-state index is 12.5. The van der Waals surface area contributed by atoms with Crippen molar-refractivity contribution in [3.05, 3.63) is 46.2 Å². The molecule has 0 aliphatic carbocycles. The lowest BCUT2D eigenvalue weighted by Crippen LogP contribution is -2.18. The van der Waals surface area contributed by atoms with Crippen LogP contribution in [-0.4, -0.2) is 48.0 Å². The summed E-state index contributed by atoms with van der Waals surface area (Å²) in [4.78, 5) is 23.0. The number of rotatable bonds is 7. The summed E-state index contributed by atoms with van der Waals surface area (Å²) in [6.07, 6.45) is 2.53. The van der Waals surface area contributed by atoms with Crippen LogP contribution in [0, 0.1) is 13.8 Å². The molecule has 1 heterocycles. The van der Waals surface area contributed by atoms with Crippen molar-refractivity contribution in [2.45, 2.75) is 20.3 Å². The fourth-order valence-electron chi connectivity index (χ4n) is 2.42. The molecule has 1 amide bonds. The molecule has 0 fully saturated rings. The van der Waals surface area contributed by atoms with Gasteiger partial charge in [-0.3, -0.25) is 4.79 Å². The molecule has 1 aromatic carbocycles. The molecule has 0 saturated carbocycles. The van der Waals surface area contributed by atoms with Crippen LogP contribution >= 0.6 is 11.6 Å². The standard InChI is InChI=1S/C18H24ClN5O/c1-12-10-13(2)16(14(19)11-12)23-17(25)15-6-8-21-18(22-15)20-7-5-9-24(3)4/h6,8,10-11H,5,7,9H2,1-4H3,(H,23,25)(H,20,21,22). The quantitative estimate of drug-likeness (QED) is 0.740. The molecule has 0 aliphatic rings. The Morgan fingerprint density at radius 3 is 2.72 bits per heavy atom. The third-order valence-electron chi connectivity index (χ3n) is 3.62. The number of carbonyl (C=O) groups excluding carboxylic acids is 1. The smallest absolute Gasteiger partial charge is 0.274 e. The number of nitrogens with one attached hydrogen (secondary N) is 2. The summed E-state index contributed by atoms with van der Waals surface area (Å²) >= 11 is 6.24. The van der Waals surface area contributed by atoms with Gasteiger partial charge in [0.15, 0.2) is 0 Å². The number of carbonyl (C=O) groups is 1. The van der Waals surface area contributed by atoms with Crippen LogP contribution in [0.3, 0.4) is 0 Å². The zero-order valence-corrected chi connectivity index (χ0v) is 15.8. The van der Waals surface area contributed by atoms with E-state index in [4.69, 9.17) is 11.6 Å². The Hall–Kier alpha value is -2.18. The van der Waals surface area contributed by atoms with Crippen LogP contribution in [0.4, 0.5) is 11.6 Å². The first-order valence-corrected chi connectivity index (χ1v) is 8.54. The molecule has 0 aliphatic heterocycles. The van der Waals surface area contributed by atoms with Crippen LogP contribution in [0.25, 0.3) is 0 Å². The fourth-order valence-corrected chi connectivity index (χ4v) is 2.79. The first kappa shape index (κ1) is 19.1. The van der Waals surface area contributed by atoms with Crippen LogP contribution in [0.1, 0.15) is 28.0 Å². The molecule has 0 unspecified atom stereocenters. The minimum absolute atomic E-state index is 0.293. The van der Waals surface area contributed by atoms with Gasteiger partial charge in [0, 0.05) is 12.7 Å². The molecule has 2 N–H and O–H groups in total. The molecule has 0 saturated heterocycles. The molecule has 0 atom stereocenters. The second-order valence-corrected chi connectivity index (χ2v) is 6.65. The monoisotopic (exact) mass is 361 g/mol. The third-order valence-corrected chi connectivity index (χ3v) is 3.92. The summed E-state index contributed by atoms with van der Waals surface area (Å²) < 4.78 is 0. The van der Waals surface area contributed by atoms with E-state index in [9.17, 15) is 4.79 Å². The van der Waals surface area contributed by atoms with Crippen LogP contribution < -0.4 is 10.6 Å². The van der Waals surface area contributed by atoms with Gasteiger partial charge in [0.25, 0.3) is 5.91 Å². The molecule has 7 heteroatoms. The molecule has 25 heavy (non-hydrogen) atoms. The average Bonchev–Trinajstić information content (AvgIpc) is 2.55. The molecular weight excluding hydrogens is 338 g/mol. The van der Waals surface area contributed by atoms with E-state index >= 15 is 0 Å². The predicted molar refractivity (Wildman–Crippen MR) is 103 cm³/mol. The van der Waals surface area contributed by atoms with E-state index in [1.807, 2.05) is 40.1 Å². The Labute approximate surface area is 153 Å². The number of nitrogens with zero attached hydrogens (tertiary/aromatic N) is 3. The SMILES string of the molecule is Cc1cc(C)c(NC(=O)c2ccnc(NCCCN(C)C)n2)c(Cl)c1. The van der Waals surface area contributed by atoms with E-state index in [0.717, 1.165) is 30.6 Å². The number of amides is 1. The van der Waals surface area contributed by atoms with Gasteiger partial charge in [0.1, 0.15) is 5.69 Å². The summed E-state index contributed by atoms with van der Waals surface area (Å²) in [5.41, 5.74) is 2.86. The van der Waals surface area contributed by atoms with Gasteiger partial charge in [-0.2, -0.15) is 0 Å². The highest BCUT2D eigenvalue weighted by Gasteiger charge is 2.13. The van der Waals surface area contributed by atoms with Crippen molar-refractivity contribution in [2.24, 2.45) is 0 Å². The highest BCUT2D eigenvalue weighted by molar-refractivity contribution is 6.34. The molecule has 0 spiro atoms. The number of anilines is 2. The normalized spacial score (nSPS) is 10.8. The lowest BCUT2D eigenvalue weighted by atomic mass is 10.1. The van der Waals surface area contributed by atoms with Crippen LogP contribution in [0.2, 0.25) is 5.02 Å². The minimum atomic E-state index is -0.312. The van der Waals surface area contributed by atoms with Crippen LogP contribution in [0.15, 0.2) is 24.4 Å². The van der Waals surface area contributed by atoms with Crippen molar-refractivity contribution >= 4 is 29.1 Å². The maximum Gasteiger partial charge on any atom is 0.274 e. The largest absolute Gasteiger partial charge is 0.354 e. The van der Waals surface area contributed by atoms with Crippen molar-refractivity contribution < 1.29 is 4.79 Å². The van der Waals surface area contributed by atoms with Gasteiger partial charge >= 0.3 is 0 Å². The summed E-state index contributed by atoms with van der Waals surface area (Å²) in [7, 11) is 4.05. The van der Waals surface area contributed by atoms with E-state index in [1.54, 1.807) is 12.3 Å². The molecular formula is C18H24ClN5O. The molecule has 0 bridgehead atoms. The van der Waals surface area contributed by atoms with Crippen molar-refractivity contribution in [2.75, 3.05) is 37.8 Å². The molecule has 2 rings (SSSR count). The molecule has 6 nitrogen and oxygen atoms in total. The van der Waals surface area contributed by atoms with Gasteiger partial charge in [0.05, 0.1) is 10.7 Å². The Morgan fingerprint density at radius 2 is 2.04 bits per heavy atom. The number of halogens is 1.